The molecule has 7 nitrogen and oxygen atoms in total. The van der Waals surface area contributed by atoms with Gasteiger partial charge >= 0.3 is 5.97 Å². The van der Waals surface area contributed by atoms with Crippen LogP contribution in [-0.4, -0.2) is 34.1 Å². The maximum absolute atomic E-state index is 12.7. The molecule has 0 aromatic heterocycles. The van der Waals surface area contributed by atoms with Gasteiger partial charge in [-0.1, -0.05) is 42.5 Å². The number of nitrogens with one attached hydrogen (secondary N) is 2. The lowest BCUT2D eigenvalue weighted by Gasteiger charge is -2.24. The Balaban J connectivity index is 1.60. The summed E-state index contributed by atoms with van der Waals surface area (Å²) in [5.74, 6) is 0.229. The van der Waals surface area contributed by atoms with Crippen LogP contribution in [-0.2, 0) is 21.4 Å². The molecule has 3 aromatic carbocycles. The van der Waals surface area contributed by atoms with Gasteiger partial charge in [-0.3, -0.25) is 0 Å². The number of carbonyl (C=O) groups excluding carboxylic acids is 1. The van der Waals surface area contributed by atoms with Crippen LogP contribution in [0.1, 0.15) is 40.0 Å². The van der Waals surface area contributed by atoms with Crippen molar-refractivity contribution in [3.63, 3.8) is 0 Å². The van der Waals surface area contributed by atoms with E-state index in [1.807, 2.05) is 24.3 Å². The Hall–Kier alpha value is -3.20. The molecule has 0 fully saturated rings. The van der Waals surface area contributed by atoms with Crippen molar-refractivity contribution in [2.75, 3.05) is 13.7 Å². The van der Waals surface area contributed by atoms with Gasteiger partial charge in [0, 0.05) is 18.2 Å². The van der Waals surface area contributed by atoms with E-state index in [4.69, 9.17) is 9.47 Å². The minimum atomic E-state index is -3.64. The van der Waals surface area contributed by atoms with Gasteiger partial charge in [-0.25, -0.2) is 17.9 Å². The van der Waals surface area contributed by atoms with Gasteiger partial charge in [0.2, 0.25) is 10.0 Å². The van der Waals surface area contributed by atoms with Crippen LogP contribution in [0.3, 0.4) is 0 Å². The molecule has 8 heteroatoms. The molecular formula is C25H26N2O5S. The Morgan fingerprint density at radius 1 is 1.06 bits per heavy atom. The van der Waals surface area contributed by atoms with Gasteiger partial charge in [-0.05, 0) is 48.4 Å². The second-order valence-corrected chi connectivity index (χ2v) is 9.62. The lowest BCUT2D eigenvalue weighted by molar-refractivity contribution is 0.0600. The molecule has 1 heterocycles. The van der Waals surface area contributed by atoms with Crippen LogP contribution >= 0.6 is 0 Å². The third-order valence-corrected chi connectivity index (χ3v) is 7.13. The highest BCUT2D eigenvalue weighted by atomic mass is 32.2. The number of fused-ring (bicyclic) bond motifs is 2. The van der Waals surface area contributed by atoms with Crippen molar-refractivity contribution in [2.24, 2.45) is 0 Å². The summed E-state index contributed by atoms with van der Waals surface area (Å²) < 4.78 is 39.0. The predicted octanol–water partition coefficient (Wildman–Crippen LogP) is 3.41. The quantitative estimate of drug-likeness (QED) is 0.519. The molecule has 4 rings (SSSR count). The highest BCUT2D eigenvalue weighted by molar-refractivity contribution is 7.89. The maximum Gasteiger partial charge on any atom is 0.337 e. The standard InChI is InChI=1S/C25H26N2O5S/c1-17(27-33(29,30)20-9-4-3-5-10-20)15-26-24-21-11-7-6-8-19(21)16-32-23-13-12-18(14-22(23)24)25(28)31-2/h3-14,17,24,26-27H,15-16H2,1-2H3. The molecule has 2 unspecified atom stereocenters. The molecule has 1 aliphatic rings. The van der Waals surface area contributed by atoms with E-state index >= 15 is 0 Å². The minimum Gasteiger partial charge on any atom is -0.489 e. The topological polar surface area (TPSA) is 93.7 Å². The van der Waals surface area contributed by atoms with Crippen molar-refractivity contribution >= 4 is 16.0 Å². The summed E-state index contributed by atoms with van der Waals surface area (Å²) in [6, 6.07) is 20.7. The van der Waals surface area contributed by atoms with Gasteiger partial charge in [0.15, 0.2) is 0 Å². The van der Waals surface area contributed by atoms with Crippen molar-refractivity contribution in [3.05, 3.63) is 95.1 Å². The summed E-state index contributed by atoms with van der Waals surface area (Å²) in [4.78, 5) is 12.4. The molecule has 3 aromatic rings. The molecule has 33 heavy (non-hydrogen) atoms. The molecule has 0 saturated carbocycles. The van der Waals surface area contributed by atoms with Gasteiger partial charge in [-0.15, -0.1) is 0 Å². The van der Waals surface area contributed by atoms with Crippen LogP contribution in [0.25, 0.3) is 0 Å². The molecule has 2 N–H and O–H groups in total. The Kier molecular flexibility index (Phi) is 6.78. The average Bonchev–Trinajstić information content (AvgIpc) is 2.99. The fraction of sp³-hybridized carbons (Fsp3) is 0.240. The zero-order chi connectivity index (χ0) is 23.4. The number of methoxy groups -OCH3 is 1. The Bertz CT molecular complexity index is 1240. The van der Waals surface area contributed by atoms with Gasteiger partial charge in [0.25, 0.3) is 0 Å². The fourth-order valence-electron chi connectivity index (χ4n) is 3.91. The summed E-state index contributed by atoms with van der Waals surface area (Å²) in [7, 11) is -2.29. The molecule has 0 amide bonds. The molecule has 0 bridgehead atoms. The Labute approximate surface area is 193 Å². The van der Waals surface area contributed by atoms with Crippen molar-refractivity contribution in [3.8, 4) is 5.75 Å². The van der Waals surface area contributed by atoms with Crippen molar-refractivity contribution in [1.82, 2.24) is 10.0 Å². The molecule has 2 atom stereocenters. The highest BCUT2D eigenvalue weighted by Crippen LogP contribution is 2.36. The van der Waals surface area contributed by atoms with Crippen LogP contribution in [0.2, 0.25) is 0 Å². The number of ether oxygens (including phenoxy) is 2. The van der Waals surface area contributed by atoms with E-state index in [1.54, 1.807) is 55.5 Å². The second-order valence-electron chi connectivity index (χ2n) is 7.91. The van der Waals surface area contributed by atoms with E-state index in [9.17, 15) is 13.2 Å². The summed E-state index contributed by atoms with van der Waals surface area (Å²) >= 11 is 0. The highest BCUT2D eigenvalue weighted by Gasteiger charge is 2.27. The van der Waals surface area contributed by atoms with Crippen LogP contribution in [0.15, 0.2) is 77.7 Å². The summed E-state index contributed by atoms with van der Waals surface area (Å²) in [5, 5.41) is 3.47. The van der Waals surface area contributed by atoms with E-state index in [-0.39, 0.29) is 10.9 Å². The van der Waals surface area contributed by atoms with Gasteiger partial charge < -0.3 is 14.8 Å². The zero-order valence-electron chi connectivity index (χ0n) is 18.4. The molecule has 172 valence electrons. The van der Waals surface area contributed by atoms with Crippen molar-refractivity contribution in [2.45, 2.75) is 30.5 Å². The van der Waals surface area contributed by atoms with E-state index in [0.29, 0.717) is 24.5 Å². The van der Waals surface area contributed by atoms with Crippen LogP contribution in [0.5, 0.6) is 5.75 Å². The van der Waals surface area contributed by atoms with E-state index in [0.717, 1.165) is 16.7 Å². The molecule has 0 saturated heterocycles. The van der Waals surface area contributed by atoms with E-state index in [2.05, 4.69) is 10.0 Å². The summed E-state index contributed by atoms with van der Waals surface area (Å²) in [5.41, 5.74) is 3.24. The normalized spacial score (nSPS) is 16.0. The molecule has 0 radical (unpaired) electrons. The van der Waals surface area contributed by atoms with Gasteiger partial charge in [0.05, 0.1) is 23.6 Å². The smallest absolute Gasteiger partial charge is 0.337 e. The predicted molar refractivity (Wildman–Crippen MR) is 125 cm³/mol. The SMILES string of the molecule is COC(=O)c1ccc2c(c1)C(NCC(C)NS(=O)(=O)c1ccccc1)c1ccccc1CO2. The second kappa shape index (κ2) is 9.74. The first-order valence-electron chi connectivity index (χ1n) is 10.6. The summed E-state index contributed by atoms with van der Waals surface area (Å²) in [6.45, 7) is 2.56. The number of hydrogen-bond acceptors (Lipinski definition) is 6. The zero-order valence-corrected chi connectivity index (χ0v) is 19.3. The lowest BCUT2D eigenvalue weighted by Crippen LogP contribution is -2.41. The fourth-order valence-corrected chi connectivity index (χ4v) is 5.17. The number of rotatable bonds is 7. The number of benzene rings is 3. The number of esters is 1. The van der Waals surface area contributed by atoms with Crippen LogP contribution in [0, 0.1) is 0 Å². The first kappa shape index (κ1) is 23.0. The molecule has 0 spiro atoms. The first-order valence-corrected chi connectivity index (χ1v) is 12.1. The average molecular weight is 467 g/mol. The first-order chi connectivity index (χ1) is 15.9. The number of sulfonamides is 1. The van der Waals surface area contributed by atoms with E-state index in [1.165, 1.54) is 7.11 Å². The third kappa shape index (κ3) is 5.08. The summed E-state index contributed by atoms with van der Waals surface area (Å²) in [6.07, 6.45) is 0. The third-order valence-electron chi connectivity index (χ3n) is 5.53. The van der Waals surface area contributed by atoms with Crippen LogP contribution < -0.4 is 14.8 Å². The monoisotopic (exact) mass is 466 g/mol. The Morgan fingerprint density at radius 3 is 2.55 bits per heavy atom. The molecule has 1 aliphatic heterocycles. The van der Waals surface area contributed by atoms with Crippen molar-refractivity contribution < 1.29 is 22.7 Å². The number of carbonyl (C=O) groups is 1. The van der Waals surface area contributed by atoms with Crippen molar-refractivity contribution in [1.29, 1.82) is 0 Å². The lowest BCUT2D eigenvalue weighted by atomic mass is 9.93. The Morgan fingerprint density at radius 2 is 1.79 bits per heavy atom. The largest absolute Gasteiger partial charge is 0.489 e. The molecule has 0 aliphatic carbocycles. The number of hydrogen-bond donors (Lipinski definition) is 2. The molecular weight excluding hydrogens is 440 g/mol. The van der Waals surface area contributed by atoms with E-state index < -0.39 is 22.0 Å². The van der Waals surface area contributed by atoms with Gasteiger partial charge in [-0.2, -0.15) is 0 Å². The maximum atomic E-state index is 12.7. The van der Waals surface area contributed by atoms with Gasteiger partial charge in [0.1, 0.15) is 12.4 Å². The van der Waals surface area contributed by atoms with Crippen LogP contribution in [0.4, 0.5) is 0 Å². The minimum absolute atomic E-state index is 0.220.